The number of benzene rings is 3. The minimum atomic E-state index is 0.106. The molecule has 0 amide bonds. The molecule has 0 saturated heterocycles. The number of phenolic OH excluding ortho intramolecular Hbond substituents is 2. The van der Waals surface area contributed by atoms with Gasteiger partial charge in [0.1, 0.15) is 11.5 Å². The Bertz CT molecular complexity index is 902. The zero-order chi connectivity index (χ0) is 16.4. The van der Waals surface area contributed by atoms with E-state index in [1.54, 1.807) is 48.7 Å². The fraction of sp³-hybridized carbons (Fsp3) is 0.0556. The average molecular weight is 346 g/mol. The number of fused-ring (bicyclic) bond motifs is 1. The number of hydrogen-bond acceptors (Lipinski definition) is 3. The summed E-state index contributed by atoms with van der Waals surface area (Å²) >= 11 is 12.0. The Morgan fingerprint density at radius 2 is 1.74 bits per heavy atom. The van der Waals surface area contributed by atoms with Crippen LogP contribution in [0.5, 0.6) is 11.5 Å². The van der Waals surface area contributed by atoms with Gasteiger partial charge >= 0.3 is 0 Å². The molecule has 5 heteroatoms. The molecule has 0 bridgehead atoms. The van der Waals surface area contributed by atoms with Gasteiger partial charge in [-0.05, 0) is 46.7 Å². The molecule has 3 aromatic rings. The standard InChI is InChI=1S/C18H13Cl2NO2/c19-13-4-1-12(17(20)7-13)9-21-10-16-15-8-14(22)5-2-11(15)3-6-18(16)23/h1-8,10,22-23H,9H2. The number of aliphatic imine (C=N–C) groups is 1. The Hall–Kier alpha value is -2.23. The van der Waals surface area contributed by atoms with Gasteiger partial charge in [-0.15, -0.1) is 0 Å². The predicted molar refractivity (Wildman–Crippen MR) is 95.0 cm³/mol. The summed E-state index contributed by atoms with van der Waals surface area (Å²) in [6.07, 6.45) is 1.59. The highest BCUT2D eigenvalue weighted by Crippen LogP contribution is 2.29. The highest BCUT2D eigenvalue weighted by molar-refractivity contribution is 6.35. The Morgan fingerprint density at radius 3 is 2.52 bits per heavy atom. The number of phenols is 2. The number of aromatic hydroxyl groups is 2. The van der Waals surface area contributed by atoms with Crippen molar-refractivity contribution in [1.29, 1.82) is 0 Å². The van der Waals surface area contributed by atoms with Crippen molar-refractivity contribution in [2.75, 3.05) is 0 Å². The summed E-state index contributed by atoms with van der Waals surface area (Å²) in [7, 11) is 0. The summed E-state index contributed by atoms with van der Waals surface area (Å²) in [5.41, 5.74) is 1.40. The Balaban J connectivity index is 1.94. The minimum Gasteiger partial charge on any atom is -0.508 e. The number of halogens is 2. The third-order valence-corrected chi connectivity index (χ3v) is 4.11. The smallest absolute Gasteiger partial charge is 0.124 e. The molecule has 0 saturated carbocycles. The third kappa shape index (κ3) is 3.41. The van der Waals surface area contributed by atoms with Crippen LogP contribution in [0, 0.1) is 0 Å². The van der Waals surface area contributed by atoms with Crippen molar-refractivity contribution in [2.24, 2.45) is 4.99 Å². The van der Waals surface area contributed by atoms with Crippen molar-refractivity contribution < 1.29 is 10.2 Å². The van der Waals surface area contributed by atoms with Crippen molar-refractivity contribution >= 4 is 40.2 Å². The molecule has 3 aromatic carbocycles. The normalized spacial score (nSPS) is 11.4. The second-order valence-corrected chi connectivity index (χ2v) is 5.95. The van der Waals surface area contributed by atoms with Gasteiger partial charge in [0.15, 0.2) is 0 Å². The summed E-state index contributed by atoms with van der Waals surface area (Å²) in [6.45, 7) is 0.366. The summed E-state index contributed by atoms with van der Waals surface area (Å²) in [5, 5.41) is 22.5. The molecule has 0 aromatic heterocycles. The highest BCUT2D eigenvalue weighted by Gasteiger charge is 2.06. The van der Waals surface area contributed by atoms with E-state index in [0.29, 0.717) is 22.2 Å². The van der Waals surface area contributed by atoms with Crippen LogP contribution in [-0.4, -0.2) is 16.4 Å². The molecule has 0 spiro atoms. The predicted octanol–water partition coefficient (Wildman–Crippen LogP) is 5.18. The Kier molecular flexibility index (Phi) is 4.42. The van der Waals surface area contributed by atoms with Crippen LogP contribution in [0.15, 0.2) is 53.5 Å². The van der Waals surface area contributed by atoms with E-state index in [9.17, 15) is 10.2 Å². The average Bonchev–Trinajstić information content (AvgIpc) is 2.51. The van der Waals surface area contributed by atoms with Gasteiger partial charge in [0.05, 0.1) is 6.54 Å². The van der Waals surface area contributed by atoms with Crippen LogP contribution in [0.2, 0.25) is 10.0 Å². The molecule has 3 rings (SSSR count). The Labute approximate surface area is 143 Å². The van der Waals surface area contributed by atoms with Crippen LogP contribution in [0.25, 0.3) is 10.8 Å². The van der Waals surface area contributed by atoms with E-state index in [1.807, 2.05) is 6.07 Å². The van der Waals surface area contributed by atoms with E-state index in [-0.39, 0.29) is 11.5 Å². The lowest BCUT2D eigenvalue weighted by molar-refractivity contribution is 0.474. The summed E-state index contributed by atoms with van der Waals surface area (Å²) in [6, 6.07) is 13.6. The van der Waals surface area contributed by atoms with E-state index in [2.05, 4.69) is 4.99 Å². The molecule has 3 nitrogen and oxygen atoms in total. The molecule has 2 N–H and O–H groups in total. The maximum absolute atomic E-state index is 10.1. The molecule has 0 aliphatic rings. The highest BCUT2D eigenvalue weighted by atomic mass is 35.5. The molecule has 0 radical (unpaired) electrons. The maximum atomic E-state index is 10.1. The van der Waals surface area contributed by atoms with Gasteiger partial charge in [0, 0.05) is 21.8 Å². The number of hydrogen-bond donors (Lipinski definition) is 2. The first-order valence-corrected chi connectivity index (χ1v) is 7.68. The molecule has 23 heavy (non-hydrogen) atoms. The minimum absolute atomic E-state index is 0.106. The van der Waals surface area contributed by atoms with Gasteiger partial charge in [-0.25, -0.2) is 0 Å². The molecular formula is C18H13Cl2NO2. The maximum Gasteiger partial charge on any atom is 0.124 e. The molecule has 0 heterocycles. The van der Waals surface area contributed by atoms with E-state index in [0.717, 1.165) is 16.3 Å². The van der Waals surface area contributed by atoms with Crippen molar-refractivity contribution in [3.05, 3.63) is 69.7 Å². The summed E-state index contributed by atoms with van der Waals surface area (Å²) < 4.78 is 0. The van der Waals surface area contributed by atoms with Crippen LogP contribution in [0.1, 0.15) is 11.1 Å². The third-order valence-electron chi connectivity index (χ3n) is 3.52. The van der Waals surface area contributed by atoms with Crippen molar-refractivity contribution in [3.63, 3.8) is 0 Å². The molecule has 116 valence electrons. The van der Waals surface area contributed by atoms with Crippen LogP contribution >= 0.6 is 23.2 Å². The second-order valence-electron chi connectivity index (χ2n) is 5.11. The molecule has 0 aliphatic carbocycles. The van der Waals surface area contributed by atoms with Crippen molar-refractivity contribution in [1.82, 2.24) is 0 Å². The molecule has 0 unspecified atom stereocenters. The van der Waals surface area contributed by atoms with E-state index in [4.69, 9.17) is 23.2 Å². The molecule has 0 aliphatic heterocycles. The summed E-state index contributed by atoms with van der Waals surface area (Å²) in [4.78, 5) is 4.35. The zero-order valence-electron chi connectivity index (χ0n) is 12.0. The van der Waals surface area contributed by atoms with Crippen LogP contribution in [-0.2, 0) is 6.54 Å². The van der Waals surface area contributed by atoms with Gasteiger partial charge in [-0.1, -0.05) is 41.4 Å². The first-order valence-electron chi connectivity index (χ1n) is 6.93. The second kappa shape index (κ2) is 6.49. The first-order chi connectivity index (χ1) is 11.0. The van der Waals surface area contributed by atoms with E-state index >= 15 is 0 Å². The van der Waals surface area contributed by atoms with Gasteiger partial charge in [0.25, 0.3) is 0 Å². The van der Waals surface area contributed by atoms with Gasteiger partial charge in [-0.2, -0.15) is 0 Å². The fourth-order valence-corrected chi connectivity index (χ4v) is 2.81. The van der Waals surface area contributed by atoms with Gasteiger partial charge in [0.2, 0.25) is 0 Å². The lowest BCUT2D eigenvalue weighted by Gasteiger charge is -2.06. The van der Waals surface area contributed by atoms with Crippen molar-refractivity contribution in [2.45, 2.75) is 6.54 Å². The topological polar surface area (TPSA) is 52.8 Å². The summed E-state index contributed by atoms with van der Waals surface area (Å²) in [5.74, 6) is 0.243. The number of nitrogens with zero attached hydrogens (tertiary/aromatic N) is 1. The largest absolute Gasteiger partial charge is 0.508 e. The van der Waals surface area contributed by atoms with Crippen molar-refractivity contribution in [3.8, 4) is 11.5 Å². The quantitative estimate of drug-likeness (QED) is 0.642. The van der Waals surface area contributed by atoms with Crippen LogP contribution < -0.4 is 0 Å². The van der Waals surface area contributed by atoms with Gasteiger partial charge in [-0.3, -0.25) is 4.99 Å². The lowest BCUT2D eigenvalue weighted by atomic mass is 10.0. The van der Waals surface area contributed by atoms with E-state index < -0.39 is 0 Å². The Morgan fingerprint density at radius 1 is 0.957 bits per heavy atom. The zero-order valence-corrected chi connectivity index (χ0v) is 13.5. The molecule has 0 atom stereocenters. The monoisotopic (exact) mass is 345 g/mol. The van der Waals surface area contributed by atoms with Gasteiger partial charge < -0.3 is 10.2 Å². The first kappa shape index (κ1) is 15.7. The molecule has 0 fully saturated rings. The lowest BCUT2D eigenvalue weighted by Crippen LogP contribution is -1.89. The van der Waals surface area contributed by atoms with E-state index in [1.165, 1.54) is 0 Å². The number of rotatable bonds is 3. The van der Waals surface area contributed by atoms with Crippen LogP contribution in [0.3, 0.4) is 0 Å². The molecular weight excluding hydrogens is 333 g/mol. The SMILES string of the molecule is Oc1ccc2ccc(O)c(C=NCc3ccc(Cl)cc3Cl)c2c1. The fourth-order valence-electron chi connectivity index (χ4n) is 2.34. The van der Waals surface area contributed by atoms with Crippen LogP contribution in [0.4, 0.5) is 0 Å².